The van der Waals surface area contributed by atoms with E-state index < -0.39 is 0 Å². The molecule has 5 nitrogen and oxygen atoms in total. The summed E-state index contributed by atoms with van der Waals surface area (Å²) in [4.78, 5) is 32.5. The van der Waals surface area contributed by atoms with Gasteiger partial charge < -0.3 is 5.32 Å². The van der Waals surface area contributed by atoms with Crippen molar-refractivity contribution in [1.82, 2.24) is 4.90 Å². The minimum atomic E-state index is -0.0841. The van der Waals surface area contributed by atoms with Gasteiger partial charge in [-0.15, -0.1) is 0 Å². The number of amidine groups is 1. The monoisotopic (exact) mass is 455 g/mol. The number of amides is 1. The maximum Gasteiger partial charge on any atom is 0.267 e. The van der Waals surface area contributed by atoms with Crippen molar-refractivity contribution >= 4 is 46.1 Å². The topological polar surface area (TPSA) is 61.8 Å². The van der Waals surface area contributed by atoms with E-state index in [4.69, 9.17) is 4.99 Å². The summed E-state index contributed by atoms with van der Waals surface area (Å²) in [6.45, 7) is 4.68. The van der Waals surface area contributed by atoms with Gasteiger partial charge in [0.25, 0.3) is 5.91 Å². The Bertz CT molecular complexity index is 1220. The second-order valence-electron chi connectivity index (χ2n) is 7.61. The van der Waals surface area contributed by atoms with Crippen LogP contribution >= 0.6 is 11.8 Å². The van der Waals surface area contributed by atoms with Crippen molar-refractivity contribution in [2.24, 2.45) is 4.99 Å². The number of nitrogens with one attached hydrogen (secondary N) is 1. The van der Waals surface area contributed by atoms with Crippen LogP contribution in [0.4, 0.5) is 11.4 Å². The molecule has 1 fully saturated rings. The number of ketones is 1. The van der Waals surface area contributed by atoms with Crippen molar-refractivity contribution < 1.29 is 9.59 Å². The number of benzene rings is 3. The van der Waals surface area contributed by atoms with E-state index in [0.29, 0.717) is 27.9 Å². The Morgan fingerprint density at radius 2 is 1.73 bits per heavy atom. The summed E-state index contributed by atoms with van der Waals surface area (Å²) in [5.41, 5.74) is 4.02. The Labute approximate surface area is 198 Å². The van der Waals surface area contributed by atoms with E-state index >= 15 is 0 Å². The minimum Gasteiger partial charge on any atom is -0.384 e. The van der Waals surface area contributed by atoms with Gasteiger partial charge in [0.1, 0.15) is 0 Å². The lowest BCUT2D eigenvalue weighted by molar-refractivity contribution is -0.122. The first-order chi connectivity index (χ1) is 16.0. The zero-order valence-corrected chi connectivity index (χ0v) is 19.4. The lowest BCUT2D eigenvalue weighted by Crippen LogP contribution is -2.28. The number of rotatable bonds is 7. The summed E-state index contributed by atoms with van der Waals surface area (Å²) in [6.07, 6.45) is 1.89. The van der Waals surface area contributed by atoms with E-state index in [-0.39, 0.29) is 11.7 Å². The van der Waals surface area contributed by atoms with Gasteiger partial charge in [-0.05, 0) is 61.0 Å². The highest BCUT2D eigenvalue weighted by Crippen LogP contribution is 2.37. The molecule has 0 aliphatic carbocycles. The van der Waals surface area contributed by atoms with E-state index in [9.17, 15) is 9.59 Å². The van der Waals surface area contributed by atoms with Crippen molar-refractivity contribution in [2.75, 3.05) is 11.9 Å². The van der Waals surface area contributed by atoms with Crippen molar-refractivity contribution in [3.63, 3.8) is 0 Å². The number of Topliss-reactive ketones (excluding diaryl/α,β-unsaturated/α-hetero) is 1. The summed E-state index contributed by atoms with van der Waals surface area (Å²) in [7, 11) is 0. The number of hydrogen-bond acceptors (Lipinski definition) is 5. The first-order valence-corrected chi connectivity index (χ1v) is 11.6. The molecular formula is C27H25N3O2S. The largest absolute Gasteiger partial charge is 0.384 e. The summed E-state index contributed by atoms with van der Waals surface area (Å²) in [6, 6.07) is 25.1. The van der Waals surface area contributed by atoms with Crippen LogP contribution < -0.4 is 5.32 Å². The van der Waals surface area contributed by atoms with Crippen LogP contribution in [0.25, 0.3) is 6.08 Å². The highest BCUT2D eigenvalue weighted by atomic mass is 32.2. The number of thioether (sulfide) groups is 1. The zero-order chi connectivity index (χ0) is 23.2. The molecule has 0 spiro atoms. The average molecular weight is 456 g/mol. The molecule has 6 heteroatoms. The Morgan fingerprint density at radius 3 is 2.39 bits per heavy atom. The summed E-state index contributed by atoms with van der Waals surface area (Å²) in [5.74, 6) is -0.111. The van der Waals surface area contributed by atoms with Gasteiger partial charge in [0, 0.05) is 12.1 Å². The standard InChI is InChI=1S/C27H25N3O2S/c1-3-28-23-15-14-22(19(2)31)17-24(23)29-27-30(18-21-12-8-5-9-13-21)26(32)25(33-27)16-20-10-6-4-7-11-20/h4-17,28H,3,18H2,1-2H3/b25-16-,29-27?. The van der Waals surface area contributed by atoms with Crippen molar-refractivity contribution in [3.05, 3.63) is 100 Å². The lowest BCUT2D eigenvalue weighted by atomic mass is 10.1. The van der Waals surface area contributed by atoms with Crippen LogP contribution in [0.3, 0.4) is 0 Å². The Morgan fingerprint density at radius 1 is 1.03 bits per heavy atom. The molecule has 0 unspecified atom stereocenters. The SMILES string of the molecule is CCNc1ccc(C(C)=O)cc1N=C1S/C(=C\c2ccccc2)C(=O)N1Cc1ccccc1. The number of hydrogen-bond donors (Lipinski definition) is 1. The third kappa shape index (κ3) is 5.41. The first-order valence-electron chi connectivity index (χ1n) is 10.8. The molecule has 1 aliphatic heterocycles. The predicted octanol–water partition coefficient (Wildman–Crippen LogP) is 6.13. The van der Waals surface area contributed by atoms with Gasteiger partial charge in [0.15, 0.2) is 11.0 Å². The van der Waals surface area contributed by atoms with Crippen molar-refractivity contribution in [2.45, 2.75) is 20.4 Å². The molecule has 1 aliphatic rings. The first kappa shape index (κ1) is 22.6. The third-order valence-corrected chi connectivity index (χ3v) is 6.16. The van der Waals surface area contributed by atoms with E-state index in [1.54, 1.807) is 17.0 Å². The highest BCUT2D eigenvalue weighted by molar-refractivity contribution is 8.18. The molecule has 0 bridgehead atoms. The van der Waals surface area contributed by atoms with E-state index in [2.05, 4.69) is 5.32 Å². The summed E-state index contributed by atoms with van der Waals surface area (Å²) >= 11 is 1.35. The van der Waals surface area contributed by atoms with Crippen LogP contribution in [-0.4, -0.2) is 28.3 Å². The summed E-state index contributed by atoms with van der Waals surface area (Å²) in [5, 5.41) is 3.89. The summed E-state index contributed by atoms with van der Waals surface area (Å²) < 4.78 is 0. The van der Waals surface area contributed by atoms with Crippen LogP contribution in [0.2, 0.25) is 0 Å². The molecule has 0 atom stereocenters. The predicted molar refractivity (Wildman–Crippen MR) is 137 cm³/mol. The van der Waals surface area contributed by atoms with Crippen molar-refractivity contribution in [3.8, 4) is 0 Å². The molecule has 3 aromatic rings. The number of anilines is 1. The van der Waals surface area contributed by atoms with E-state index in [0.717, 1.165) is 23.4 Å². The van der Waals surface area contributed by atoms with Gasteiger partial charge in [0.05, 0.1) is 22.8 Å². The van der Waals surface area contributed by atoms with Crippen LogP contribution in [-0.2, 0) is 11.3 Å². The van der Waals surface area contributed by atoms with Crippen LogP contribution in [0.15, 0.2) is 88.8 Å². The molecule has 1 heterocycles. The Kier molecular flexibility index (Phi) is 7.05. The molecule has 0 aromatic heterocycles. The molecule has 33 heavy (non-hydrogen) atoms. The fourth-order valence-electron chi connectivity index (χ4n) is 3.48. The molecule has 166 valence electrons. The van der Waals surface area contributed by atoms with Crippen LogP contribution in [0, 0.1) is 0 Å². The van der Waals surface area contributed by atoms with E-state index in [1.807, 2.05) is 79.7 Å². The fourth-order valence-corrected chi connectivity index (χ4v) is 4.47. The number of nitrogens with zero attached hydrogens (tertiary/aromatic N) is 2. The quantitative estimate of drug-likeness (QED) is 0.344. The van der Waals surface area contributed by atoms with Crippen LogP contribution in [0.5, 0.6) is 0 Å². The molecule has 1 amide bonds. The smallest absolute Gasteiger partial charge is 0.267 e. The maximum absolute atomic E-state index is 13.4. The van der Waals surface area contributed by atoms with Crippen molar-refractivity contribution in [1.29, 1.82) is 0 Å². The third-order valence-electron chi connectivity index (χ3n) is 5.16. The molecular weight excluding hydrogens is 430 g/mol. The minimum absolute atomic E-state index is 0.0274. The maximum atomic E-state index is 13.4. The molecule has 1 saturated heterocycles. The van der Waals surface area contributed by atoms with Gasteiger partial charge >= 0.3 is 0 Å². The van der Waals surface area contributed by atoms with Gasteiger partial charge in [0.2, 0.25) is 0 Å². The highest BCUT2D eigenvalue weighted by Gasteiger charge is 2.33. The zero-order valence-electron chi connectivity index (χ0n) is 18.6. The lowest BCUT2D eigenvalue weighted by Gasteiger charge is -2.16. The molecule has 0 radical (unpaired) electrons. The molecule has 4 rings (SSSR count). The van der Waals surface area contributed by atoms with Gasteiger partial charge in [-0.3, -0.25) is 14.5 Å². The normalized spacial score (nSPS) is 15.9. The van der Waals surface area contributed by atoms with E-state index in [1.165, 1.54) is 18.7 Å². The number of carbonyl (C=O) groups excluding carboxylic acids is 2. The molecule has 0 saturated carbocycles. The molecule has 3 aromatic carbocycles. The fraction of sp³-hybridized carbons (Fsp3) is 0.148. The Balaban J connectivity index is 1.77. The van der Waals surface area contributed by atoms with Gasteiger partial charge in [-0.1, -0.05) is 60.7 Å². The Hall–Kier alpha value is -3.64. The second kappa shape index (κ2) is 10.3. The second-order valence-corrected chi connectivity index (χ2v) is 8.62. The molecule has 1 N–H and O–H groups in total. The number of aliphatic imine (C=N–C) groups is 1. The van der Waals surface area contributed by atoms with Crippen LogP contribution in [0.1, 0.15) is 35.3 Å². The van der Waals surface area contributed by atoms with Gasteiger partial charge in [-0.2, -0.15) is 0 Å². The van der Waals surface area contributed by atoms with Gasteiger partial charge in [-0.25, -0.2) is 4.99 Å². The average Bonchev–Trinajstić information content (AvgIpc) is 3.10. The number of carbonyl (C=O) groups is 2.